The van der Waals surface area contributed by atoms with E-state index < -0.39 is 0 Å². The van der Waals surface area contributed by atoms with Crippen LogP contribution in [0.25, 0.3) is 0 Å². The molecule has 0 spiro atoms. The molecule has 0 heterocycles. The van der Waals surface area contributed by atoms with Crippen molar-refractivity contribution in [2.45, 2.75) is 101 Å². The van der Waals surface area contributed by atoms with Crippen molar-refractivity contribution in [2.75, 3.05) is 0 Å². The molecule has 4 saturated carbocycles. The molecule has 0 bridgehead atoms. The summed E-state index contributed by atoms with van der Waals surface area (Å²) in [5.74, 6) is -0.296. The fraction of sp³-hybridized carbons (Fsp3) is 0.833. The highest BCUT2D eigenvalue weighted by Crippen LogP contribution is 2.25. The molecular formula is C24H36N4O4. The van der Waals surface area contributed by atoms with E-state index in [2.05, 4.69) is 24.3 Å². The molecule has 4 rings (SSSR count). The van der Waals surface area contributed by atoms with Gasteiger partial charge in [-0.2, -0.15) is 21.0 Å². The minimum atomic E-state index is -0.333. The van der Waals surface area contributed by atoms with Gasteiger partial charge in [-0.3, -0.25) is 0 Å². The van der Waals surface area contributed by atoms with Crippen LogP contribution < -0.4 is 0 Å². The number of rotatable bonds is 0. The first-order valence-electron chi connectivity index (χ1n) is 11.7. The van der Waals surface area contributed by atoms with Crippen LogP contribution >= 0.6 is 0 Å². The number of hydrogen-bond donors (Lipinski definition) is 4. The fourth-order valence-electron chi connectivity index (χ4n) is 4.36. The summed E-state index contributed by atoms with van der Waals surface area (Å²) in [4.78, 5) is 0. The van der Waals surface area contributed by atoms with Gasteiger partial charge in [0.05, 0.1) is 72.4 Å². The van der Waals surface area contributed by atoms with Gasteiger partial charge in [-0.15, -0.1) is 0 Å². The van der Waals surface area contributed by atoms with Gasteiger partial charge in [-0.1, -0.05) is 0 Å². The van der Waals surface area contributed by atoms with Crippen molar-refractivity contribution >= 4 is 0 Å². The van der Waals surface area contributed by atoms with Crippen molar-refractivity contribution in [3.05, 3.63) is 0 Å². The Bertz CT molecular complexity index is 585. The van der Waals surface area contributed by atoms with Gasteiger partial charge >= 0.3 is 0 Å². The average Bonchev–Trinajstić information content (AvgIpc) is 3.58. The van der Waals surface area contributed by atoms with Crippen LogP contribution in [-0.4, -0.2) is 44.8 Å². The Morgan fingerprint density at radius 3 is 0.625 bits per heavy atom. The van der Waals surface area contributed by atoms with Gasteiger partial charge in [0, 0.05) is 0 Å². The third-order valence-electron chi connectivity index (χ3n) is 6.58. The van der Waals surface area contributed by atoms with E-state index in [0.29, 0.717) is 0 Å². The van der Waals surface area contributed by atoms with Crippen LogP contribution in [0.2, 0.25) is 0 Å². The van der Waals surface area contributed by atoms with Gasteiger partial charge in [0.2, 0.25) is 0 Å². The normalized spacial score (nSPS) is 37.0. The summed E-state index contributed by atoms with van der Waals surface area (Å²) in [6.07, 6.45) is 9.54. The third kappa shape index (κ3) is 9.52. The smallest absolute Gasteiger partial charge is 0.0722 e. The van der Waals surface area contributed by atoms with Gasteiger partial charge in [0.25, 0.3) is 0 Å². The number of aliphatic hydroxyl groups excluding tert-OH is 4. The Hall–Kier alpha value is -2.20. The van der Waals surface area contributed by atoms with Crippen LogP contribution in [0, 0.1) is 69.0 Å². The Balaban J connectivity index is 0.000000213. The summed E-state index contributed by atoms with van der Waals surface area (Å²) >= 11 is 0. The SMILES string of the molecule is N#C[C@@H]1CCC[C@@H]1O.N#C[C@@H]1CCC[C@H]1O.N#C[C@H]1CCC[C@@H]1O.N#C[C@H]1CCC[C@H]1O. The highest BCUT2D eigenvalue weighted by Gasteiger charge is 2.26. The summed E-state index contributed by atoms with van der Waals surface area (Å²) in [6, 6.07) is 8.25. The molecule has 8 heteroatoms. The minimum absolute atomic E-state index is 0.0741. The van der Waals surface area contributed by atoms with Crippen molar-refractivity contribution in [1.82, 2.24) is 0 Å². The predicted octanol–water partition coefficient (Wildman–Crippen LogP) is 2.68. The predicted molar refractivity (Wildman–Crippen MR) is 116 cm³/mol. The van der Waals surface area contributed by atoms with Crippen LogP contribution in [0.1, 0.15) is 77.0 Å². The van der Waals surface area contributed by atoms with Crippen LogP contribution in [0.4, 0.5) is 0 Å². The second-order valence-corrected chi connectivity index (χ2v) is 8.94. The van der Waals surface area contributed by atoms with E-state index in [4.69, 9.17) is 41.5 Å². The molecule has 0 radical (unpaired) electrons. The van der Waals surface area contributed by atoms with Gasteiger partial charge in [0.1, 0.15) is 0 Å². The maximum absolute atomic E-state index is 8.97. The van der Waals surface area contributed by atoms with E-state index in [1.54, 1.807) is 0 Å². The summed E-state index contributed by atoms with van der Waals surface area (Å²) in [7, 11) is 0. The van der Waals surface area contributed by atoms with E-state index in [0.717, 1.165) is 77.0 Å². The summed E-state index contributed by atoms with van der Waals surface area (Å²) in [5, 5.41) is 69.2. The van der Waals surface area contributed by atoms with E-state index in [-0.39, 0.29) is 48.1 Å². The second kappa shape index (κ2) is 15.6. The second-order valence-electron chi connectivity index (χ2n) is 8.94. The van der Waals surface area contributed by atoms with Crippen LogP contribution in [0.3, 0.4) is 0 Å². The topological polar surface area (TPSA) is 176 Å². The Labute approximate surface area is 191 Å². The molecule has 8 nitrogen and oxygen atoms in total. The third-order valence-corrected chi connectivity index (χ3v) is 6.58. The van der Waals surface area contributed by atoms with E-state index >= 15 is 0 Å². The molecule has 8 atom stereocenters. The van der Waals surface area contributed by atoms with Crippen LogP contribution in [-0.2, 0) is 0 Å². The summed E-state index contributed by atoms with van der Waals surface area (Å²) in [6.45, 7) is 0. The first kappa shape index (κ1) is 27.8. The zero-order valence-electron chi connectivity index (χ0n) is 18.7. The molecule has 0 aliphatic heterocycles. The zero-order valence-corrected chi connectivity index (χ0v) is 18.7. The Kier molecular flexibility index (Phi) is 13.5. The summed E-state index contributed by atoms with van der Waals surface area (Å²) < 4.78 is 0. The van der Waals surface area contributed by atoms with Gasteiger partial charge in [0.15, 0.2) is 0 Å². The number of nitriles is 4. The molecule has 4 aliphatic rings. The largest absolute Gasteiger partial charge is 0.392 e. The quantitative estimate of drug-likeness (QED) is 0.440. The molecular weight excluding hydrogens is 408 g/mol. The zero-order chi connectivity index (χ0) is 23.9. The standard InChI is InChI=1S/4C6H9NO/c4*7-4-5-2-1-3-6(5)8/h4*5-6,8H,1-3H2/t2*5-,6+;2*5-,6-/m1010/s1. The van der Waals surface area contributed by atoms with Crippen molar-refractivity contribution in [2.24, 2.45) is 23.7 Å². The minimum Gasteiger partial charge on any atom is -0.392 e. The molecule has 4 N–H and O–H groups in total. The fourth-order valence-corrected chi connectivity index (χ4v) is 4.36. The monoisotopic (exact) mass is 444 g/mol. The van der Waals surface area contributed by atoms with Crippen molar-refractivity contribution in [3.8, 4) is 24.3 Å². The van der Waals surface area contributed by atoms with E-state index in [9.17, 15) is 0 Å². The molecule has 0 unspecified atom stereocenters. The number of hydrogen-bond acceptors (Lipinski definition) is 8. The molecule has 0 aromatic carbocycles. The molecule has 0 amide bonds. The molecule has 0 aromatic heterocycles. The van der Waals surface area contributed by atoms with E-state index in [1.165, 1.54) is 0 Å². The first-order valence-corrected chi connectivity index (χ1v) is 11.7. The first-order chi connectivity index (χ1) is 15.4. The van der Waals surface area contributed by atoms with Crippen LogP contribution in [0.5, 0.6) is 0 Å². The average molecular weight is 445 g/mol. The molecule has 32 heavy (non-hydrogen) atoms. The Morgan fingerprint density at radius 2 is 0.562 bits per heavy atom. The molecule has 0 saturated heterocycles. The number of aliphatic hydroxyl groups is 4. The lowest BCUT2D eigenvalue weighted by molar-refractivity contribution is 0.155. The number of nitrogens with zero attached hydrogens (tertiary/aromatic N) is 4. The maximum atomic E-state index is 8.97. The lowest BCUT2D eigenvalue weighted by Gasteiger charge is -2.01. The highest BCUT2D eigenvalue weighted by atomic mass is 16.3. The van der Waals surface area contributed by atoms with Gasteiger partial charge < -0.3 is 20.4 Å². The lowest BCUT2D eigenvalue weighted by atomic mass is 10.1. The highest BCUT2D eigenvalue weighted by molar-refractivity contribution is 4.94. The molecule has 4 fully saturated rings. The molecule has 4 aliphatic carbocycles. The van der Waals surface area contributed by atoms with Crippen LogP contribution in [0.15, 0.2) is 0 Å². The molecule has 176 valence electrons. The van der Waals surface area contributed by atoms with Gasteiger partial charge in [-0.25, -0.2) is 0 Å². The van der Waals surface area contributed by atoms with Crippen molar-refractivity contribution in [1.29, 1.82) is 21.0 Å². The maximum Gasteiger partial charge on any atom is 0.0722 e. The lowest BCUT2D eigenvalue weighted by Crippen LogP contribution is -2.09. The molecule has 0 aromatic rings. The van der Waals surface area contributed by atoms with Crippen molar-refractivity contribution < 1.29 is 20.4 Å². The van der Waals surface area contributed by atoms with E-state index in [1.807, 2.05) is 0 Å². The van der Waals surface area contributed by atoms with Crippen molar-refractivity contribution in [3.63, 3.8) is 0 Å². The summed E-state index contributed by atoms with van der Waals surface area (Å²) in [5.41, 5.74) is 0. The van der Waals surface area contributed by atoms with Gasteiger partial charge in [-0.05, 0) is 77.0 Å². The Morgan fingerprint density at radius 1 is 0.375 bits per heavy atom.